The first kappa shape index (κ1) is 15.2. The second-order valence-corrected chi connectivity index (χ2v) is 7.43. The Labute approximate surface area is 137 Å². The molecular weight excluding hydrogens is 312 g/mol. The number of fused-ring (bicyclic) bond motifs is 1. The van der Waals surface area contributed by atoms with E-state index in [0.29, 0.717) is 0 Å². The van der Waals surface area contributed by atoms with E-state index in [1.165, 1.54) is 17.3 Å². The Morgan fingerprint density at radius 2 is 1.95 bits per heavy atom. The van der Waals surface area contributed by atoms with Crippen molar-refractivity contribution in [3.63, 3.8) is 0 Å². The van der Waals surface area contributed by atoms with Crippen LogP contribution in [0.3, 0.4) is 0 Å². The molecule has 0 N–H and O–H groups in total. The highest BCUT2D eigenvalue weighted by Gasteiger charge is 2.17. The fourth-order valence-electron chi connectivity index (χ4n) is 2.13. The number of ketones is 1. The van der Waals surface area contributed by atoms with Crippen LogP contribution in [0.2, 0.25) is 0 Å². The van der Waals surface area contributed by atoms with Gasteiger partial charge < -0.3 is 0 Å². The molecule has 2 aromatic heterocycles. The number of hydrogen-bond donors (Lipinski definition) is 0. The number of carbonyl (C=O) groups is 1. The highest BCUT2D eigenvalue weighted by atomic mass is 32.2. The van der Waals surface area contributed by atoms with Gasteiger partial charge in [0.1, 0.15) is 22.0 Å². The van der Waals surface area contributed by atoms with Crippen molar-refractivity contribution < 1.29 is 4.79 Å². The van der Waals surface area contributed by atoms with Crippen LogP contribution in [0.4, 0.5) is 0 Å². The molecule has 0 aliphatic heterocycles. The van der Waals surface area contributed by atoms with Crippen molar-refractivity contribution in [1.82, 2.24) is 9.97 Å². The molecule has 22 heavy (non-hydrogen) atoms. The molecule has 112 valence electrons. The quantitative estimate of drug-likeness (QED) is 0.512. The Balaban J connectivity index is 2.12. The van der Waals surface area contributed by atoms with Crippen molar-refractivity contribution in [2.75, 3.05) is 0 Å². The van der Waals surface area contributed by atoms with Gasteiger partial charge in [-0.2, -0.15) is 0 Å². The number of thioether (sulfide) groups is 1. The van der Waals surface area contributed by atoms with Crippen molar-refractivity contribution in [3.05, 3.63) is 41.5 Å². The van der Waals surface area contributed by atoms with Gasteiger partial charge in [0, 0.05) is 10.9 Å². The molecule has 0 saturated carbocycles. The minimum atomic E-state index is -0.108. The van der Waals surface area contributed by atoms with Crippen LogP contribution >= 0.6 is 23.1 Å². The van der Waals surface area contributed by atoms with E-state index in [1.807, 2.05) is 6.92 Å². The molecule has 3 nitrogen and oxygen atoms in total. The monoisotopic (exact) mass is 328 g/mol. The number of Topliss-reactive ketones (excluding diaryl/α,β-unsaturated/α-hetero) is 1. The van der Waals surface area contributed by atoms with Crippen LogP contribution in [0.5, 0.6) is 0 Å². The molecule has 1 aromatic carbocycles. The number of hydrogen-bond acceptors (Lipinski definition) is 5. The first-order valence-electron chi connectivity index (χ1n) is 7.02. The van der Waals surface area contributed by atoms with Gasteiger partial charge in [0.15, 0.2) is 0 Å². The standard InChI is InChI=1S/C17H16N2OS2/c1-10-4-6-13(7-5-10)14-8-21-16-15(14)17(19-9-18-16)22-12(3)11(2)20/h4-9,12H,1-3H3/t12-/m0/s1. The summed E-state index contributed by atoms with van der Waals surface area (Å²) >= 11 is 3.12. The van der Waals surface area contributed by atoms with Crippen LogP contribution in [0, 0.1) is 6.92 Å². The second kappa shape index (κ2) is 6.18. The fourth-order valence-corrected chi connectivity index (χ4v) is 4.05. The lowest BCUT2D eigenvalue weighted by Crippen LogP contribution is -2.08. The number of benzene rings is 1. The molecule has 0 saturated heterocycles. The smallest absolute Gasteiger partial charge is 0.142 e. The number of aromatic nitrogens is 2. The van der Waals surface area contributed by atoms with Gasteiger partial charge in [-0.05, 0) is 26.3 Å². The average molecular weight is 328 g/mol. The molecule has 0 aliphatic rings. The molecular formula is C17H16N2OS2. The zero-order chi connectivity index (χ0) is 15.7. The molecule has 3 aromatic rings. The van der Waals surface area contributed by atoms with E-state index in [9.17, 15) is 4.79 Å². The average Bonchev–Trinajstić information content (AvgIpc) is 2.93. The van der Waals surface area contributed by atoms with E-state index in [4.69, 9.17) is 0 Å². The summed E-state index contributed by atoms with van der Waals surface area (Å²) in [7, 11) is 0. The first-order valence-corrected chi connectivity index (χ1v) is 8.78. The van der Waals surface area contributed by atoms with E-state index in [1.54, 1.807) is 24.6 Å². The largest absolute Gasteiger partial charge is 0.299 e. The van der Waals surface area contributed by atoms with Gasteiger partial charge in [0.25, 0.3) is 0 Å². The minimum absolute atomic E-state index is 0.108. The van der Waals surface area contributed by atoms with Crippen LogP contribution in [-0.2, 0) is 4.79 Å². The summed E-state index contributed by atoms with van der Waals surface area (Å²) in [6.07, 6.45) is 1.58. The van der Waals surface area contributed by atoms with E-state index in [2.05, 4.69) is 46.5 Å². The van der Waals surface area contributed by atoms with Gasteiger partial charge in [0.05, 0.1) is 10.6 Å². The van der Waals surface area contributed by atoms with Crippen LogP contribution in [-0.4, -0.2) is 21.0 Å². The van der Waals surface area contributed by atoms with E-state index >= 15 is 0 Å². The summed E-state index contributed by atoms with van der Waals surface area (Å²) in [6, 6.07) is 8.45. The highest BCUT2D eigenvalue weighted by Crippen LogP contribution is 2.39. The topological polar surface area (TPSA) is 42.9 Å². The normalized spacial score (nSPS) is 12.5. The molecule has 3 rings (SSSR count). The van der Waals surface area contributed by atoms with Gasteiger partial charge in [0.2, 0.25) is 0 Å². The molecule has 0 bridgehead atoms. The predicted octanol–water partition coefficient (Wildman–Crippen LogP) is 4.74. The van der Waals surface area contributed by atoms with Gasteiger partial charge in [-0.15, -0.1) is 11.3 Å². The summed E-state index contributed by atoms with van der Waals surface area (Å²) in [5, 5.41) is 3.94. The maximum Gasteiger partial charge on any atom is 0.142 e. The second-order valence-electron chi connectivity index (χ2n) is 5.25. The highest BCUT2D eigenvalue weighted by molar-refractivity contribution is 8.00. The summed E-state index contributed by atoms with van der Waals surface area (Å²) < 4.78 is 0. The molecule has 5 heteroatoms. The van der Waals surface area contributed by atoms with Crippen LogP contribution in [0.25, 0.3) is 21.3 Å². The van der Waals surface area contributed by atoms with E-state index < -0.39 is 0 Å². The zero-order valence-electron chi connectivity index (χ0n) is 12.7. The number of aryl methyl sites for hydroxylation is 1. The first-order chi connectivity index (χ1) is 10.6. The SMILES string of the molecule is CC(=O)[C@H](C)Sc1ncnc2scc(-c3ccc(C)cc3)c12. The van der Waals surface area contributed by atoms with Crippen LogP contribution in [0.15, 0.2) is 41.0 Å². The molecule has 1 atom stereocenters. The van der Waals surface area contributed by atoms with Gasteiger partial charge in [-0.1, -0.05) is 41.6 Å². The lowest BCUT2D eigenvalue weighted by molar-refractivity contribution is -0.116. The fraction of sp³-hybridized carbons (Fsp3) is 0.235. The third-order valence-electron chi connectivity index (χ3n) is 3.56. The zero-order valence-corrected chi connectivity index (χ0v) is 14.3. The number of nitrogens with zero attached hydrogens (tertiary/aromatic N) is 2. The summed E-state index contributed by atoms with van der Waals surface area (Å²) in [4.78, 5) is 21.3. The maximum atomic E-state index is 11.6. The number of thiophene rings is 1. The Morgan fingerprint density at radius 3 is 2.64 bits per heavy atom. The van der Waals surface area contributed by atoms with Crippen LogP contribution in [0.1, 0.15) is 19.4 Å². The Morgan fingerprint density at radius 1 is 1.23 bits per heavy atom. The Hall–Kier alpha value is -1.72. The summed E-state index contributed by atoms with van der Waals surface area (Å²) in [5.41, 5.74) is 3.53. The molecule has 0 unspecified atom stereocenters. The van der Waals surface area contributed by atoms with Crippen LogP contribution < -0.4 is 0 Å². The maximum absolute atomic E-state index is 11.6. The van der Waals surface area contributed by atoms with Gasteiger partial charge in [-0.25, -0.2) is 9.97 Å². The lowest BCUT2D eigenvalue weighted by Gasteiger charge is -2.09. The van der Waals surface area contributed by atoms with E-state index in [0.717, 1.165) is 26.4 Å². The summed E-state index contributed by atoms with van der Waals surface area (Å²) in [5.74, 6) is 0.156. The molecule has 2 heterocycles. The number of carbonyl (C=O) groups excluding carboxylic acids is 1. The van der Waals surface area contributed by atoms with Gasteiger partial charge in [-0.3, -0.25) is 4.79 Å². The number of rotatable bonds is 4. The molecule has 0 spiro atoms. The van der Waals surface area contributed by atoms with Crippen molar-refractivity contribution in [3.8, 4) is 11.1 Å². The molecule has 0 fully saturated rings. The predicted molar refractivity (Wildman–Crippen MR) is 93.6 cm³/mol. The van der Waals surface area contributed by atoms with Crippen molar-refractivity contribution in [1.29, 1.82) is 0 Å². The molecule has 0 amide bonds. The minimum Gasteiger partial charge on any atom is -0.299 e. The van der Waals surface area contributed by atoms with Crippen molar-refractivity contribution >= 4 is 39.1 Å². The lowest BCUT2D eigenvalue weighted by atomic mass is 10.1. The Bertz CT molecular complexity index is 824. The van der Waals surface area contributed by atoms with E-state index in [-0.39, 0.29) is 11.0 Å². The molecule has 0 aliphatic carbocycles. The third-order valence-corrected chi connectivity index (χ3v) is 5.66. The van der Waals surface area contributed by atoms with Crippen molar-refractivity contribution in [2.45, 2.75) is 31.0 Å². The summed E-state index contributed by atoms with van der Waals surface area (Å²) in [6.45, 7) is 5.61. The third kappa shape index (κ3) is 2.91. The Kier molecular flexibility index (Phi) is 4.27. The van der Waals surface area contributed by atoms with Crippen molar-refractivity contribution in [2.24, 2.45) is 0 Å². The molecule has 0 radical (unpaired) electrons. The van der Waals surface area contributed by atoms with Gasteiger partial charge >= 0.3 is 0 Å².